The van der Waals surface area contributed by atoms with E-state index in [2.05, 4.69) is 36.9 Å². The van der Waals surface area contributed by atoms with Crippen molar-refractivity contribution in [1.29, 1.82) is 0 Å². The molecule has 2 rings (SSSR count). The molecular formula is C18H27BrN4O2. The number of carbonyl (C=O) groups is 1. The molecule has 0 bridgehead atoms. The molecule has 0 saturated heterocycles. The SMILES string of the molecule is CN=C(NCCCOCC1CC1)NCCC(=O)Nc1ccc(Br)cc1. The van der Waals surface area contributed by atoms with Crippen molar-refractivity contribution in [2.75, 3.05) is 38.7 Å². The number of halogens is 1. The zero-order valence-electron chi connectivity index (χ0n) is 14.7. The van der Waals surface area contributed by atoms with Gasteiger partial charge in [-0.3, -0.25) is 9.79 Å². The van der Waals surface area contributed by atoms with E-state index in [-0.39, 0.29) is 5.91 Å². The molecule has 0 radical (unpaired) electrons. The second-order valence-corrected chi connectivity index (χ2v) is 7.02. The Morgan fingerprint density at radius 1 is 1.24 bits per heavy atom. The zero-order valence-corrected chi connectivity index (χ0v) is 16.3. The minimum absolute atomic E-state index is 0.0289. The van der Waals surface area contributed by atoms with Crippen LogP contribution >= 0.6 is 15.9 Å². The van der Waals surface area contributed by atoms with Crippen molar-refractivity contribution in [3.63, 3.8) is 0 Å². The van der Waals surface area contributed by atoms with Gasteiger partial charge in [0.2, 0.25) is 5.91 Å². The molecule has 1 aliphatic rings. The fourth-order valence-electron chi connectivity index (χ4n) is 2.19. The van der Waals surface area contributed by atoms with Gasteiger partial charge in [-0.15, -0.1) is 0 Å². The lowest BCUT2D eigenvalue weighted by atomic mass is 10.3. The average molecular weight is 411 g/mol. The van der Waals surface area contributed by atoms with Crippen molar-refractivity contribution in [3.05, 3.63) is 28.7 Å². The number of guanidine groups is 1. The number of ether oxygens (including phenoxy) is 1. The van der Waals surface area contributed by atoms with Gasteiger partial charge in [0.05, 0.1) is 0 Å². The fourth-order valence-corrected chi connectivity index (χ4v) is 2.45. The normalized spacial score (nSPS) is 14.2. The first kappa shape index (κ1) is 19.7. The third kappa shape index (κ3) is 8.88. The quantitative estimate of drug-likeness (QED) is 0.315. The number of rotatable bonds is 10. The first-order chi connectivity index (χ1) is 12.2. The van der Waals surface area contributed by atoms with Crippen molar-refractivity contribution in [1.82, 2.24) is 10.6 Å². The number of aliphatic imine (C=N–C) groups is 1. The Hall–Kier alpha value is -1.60. The highest BCUT2D eigenvalue weighted by Gasteiger charge is 2.20. The van der Waals surface area contributed by atoms with E-state index in [1.807, 2.05) is 24.3 Å². The summed E-state index contributed by atoms with van der Waals surface area (Å²) in [5.41, 5.74) is 0.793. The van der Waals surface area contributed by atoms with Gasteiger partial charge in [0.1, 0.15) is 0 Å². The van der Waals surface area contributed by atoms with Gasteiger partial charge in [-0.25, -0.2) is 0 Å². The number of benzene rings is 1. The van der Waals surface area contributed by atoms with Gasteiger partial charge < -0.3 is 20.7 Å². The molecule has 0 aliphatic heterocycles. The van der Waals surface area contributed by atoms with E-state index in [1.54, 1.807) is 7.05 Å². The van der Waals surface area contributed by atoms with Crippen molar-refractivity contribution in [2.45, 2.75) is 25.7 Å². The predicted octanol–water partition coefficient (Wildman–Crippen LogP) is 2.76. The molecule has 0 spiro atoms. The van der Waals surface area contributed by atoms with Gasteiger partial charge in [0, 0.05) is 49.9 Å². The lowest BCUT2D eigenvalue weighted by Crippen LogP contribution is -2.39. The lowest BCUT2D eigenvalue weighted by molar-refractivity contribution is -0.116. The molecule has 1 aliphatic carbocycles. The molecule has 6 nitrogen and oxygen atoms in total. The second kappa shape index (κ2) is 11.1. The van der Waals surface area contributed by atoms with E-state index < -0.39 is 0 Å². The molecular weight excluding hydrogens is 384 g/mol. The molecule has 0 unspecified atom stereocenters. The van der Waals surface area contributed by atoms with E-state index >= 15 is 0 Å². The topological polar surface area (TPSA) is 74.8 Å². The highest BCUT2D eigenvalue weighted by Crippen LogP contribution is 2.28. The van der Waals surface area contributed by atoms with Gasteiger partial charge in [-0.1, -0.05) is 15.9 Å². The van der Waals surface area contributed by atoms with Crippen LogP contribution in [-0.4, -0.2) is 45.2 Å². The number of hydrogen-bond acceptors (Lipinski definition) is 3. The summed E-state index contributed by atoms with van der Waals surface area (Å²) in [7, 11) is 1.72. The molecule has 0 heterocycles. The maximum atomic E-state index is 11.9. The van der Waals surface area contributed by atoms with Gasteiger partial charge in [-0.05, 0) is 49.4 Å². The Kier molecular flexibility index (Phi) is 8.76. The van der Waals surface area contributed by atoms with Gasteiger partial charge >= 0.3 is 0 Å². The summed E-state index contributed by atoms with van der Waals surface area (Å²) in [6, 6.07) is 7.52. The van der Waals surface area contributed by atoms with E-state index in [9.17, 15) is 4.79 Å². The van der Waals surface area contributed by atoms with Crippen LogP contribution in [0.15, 0.2) is 33.7 Å². The lowest BCUT2D eigenvalue weighted by Gasteiger charge is -2.12. The maximum Gasteiger partial charge on any atom is 0.226 e. The van der Waals surface area contributed by atoms with E-state index in [4.69, 9.17) is 4.74 Å². The Morgan fingerprint density at radius 3 is 2.64 bits per heavy atom. The largest absolute Gasteiger partial charge is 0.381 e. The molecule has 1 fully saturated rings. The van der Waals surface area contributed by atoms with Gasteiger partial charge in [0.15, 0.2) is 5.96 Å². The summed E-state index contributed by atoms with van der Waals surface area (Å²) >= 11 is 3.37. The maximum absolute atomic E-state index is 11.9. The van der Waals surface area contributed by atoms with Crippen LogP contribution in [0.2, 0.25) is 0 Å². The number of hydrogen-bond donors (Lipinski definition) is 3. The minimum Gasteiger partial charge on any atom is -0.381 e. The van der Waals surface area contributed by atoms with Crippen LogP contribution < -0.4 is 16.0 Å². The summed E-state index contributed by atoms with van der Waals surface area (Å²) < 4.78 is 6.58. The Balaban J connectivity index is 1.52. The number of nitrogens with one attached hydrogen (secondary N) is 3. The van der Waals surface area contributed by atoms with Crippen LogP contribution in [0.3, 0.4) is 0 Å². The van der Waals surface area contributed by atoms with Crippen molar-refractivity contribution >= 4 is 33.5 Å². The van der Waals surface area contributed by atoms with Gasteiger partial charge in [-0.2, -0.15) is 0 Å². The highest BCUT2D eigenvalue weighted by atomic mass is 79.9. The van der Waals surface area contributed by atoms with Crippen LogP contribution in [0.25, 0.3) is 0 Å². The standard InChI is InChI=1S/C18H27BrN4O2/c1-20-18(21-10-2-12-25-13-14-3-4-14)22-11-9-17(24)23-16-7-5-15(19)6-8-16/h5-8,14H,2-4,9-13H2,1H3,(H,23,24)(H2,20,21,22). The number of nitrogens with zero attached hydrogens (tertiary/aromatic N) is 1. The third-order valence-electron chi connectivity index (χ3n) is 3.80. The summed E-state index contributed by atoms with van der Waals surface area (Å²) in [4.78, 5) is 16.1. The van der Waals surface area contributed by atoms with Crippen molar-refractivity contribution in [2.24, 2.45) is 10.9 Å². The molecule has 0 aromatic heterocycles. The molecule has 1 aromatic carbocycles. The molecule has 138 valence electrons. The molecule has 1 aromatic rings. The molecule has 1 amide bonds. The van der Waals surface area contributed by atoms with Crippen LogP contribution in [0, 0.1) is 5.92 Å². The number of amides is 1. The van der Waals surface area contributed by atoms with Crippen LogP contribution in [0.5, 0.6) is 0 Å². The van der Waals surface area contributed by atoms with E-state index in [1.165, 1.54) is 12.8 Å². The highest BCUT2D eigenvalue weighted by molar-refractivity contribution is 9.10. The molecule has 0 atom stereocenters. The van der Waals surface area contributed by atoms with Crippen molar-refractivity contribution < 1.29 is 9.53 Å². The monoisotopic (exact) mass is 410 g/mol. The Bertz CT molecular complexity index is 559. The predicted molar refractivity (Wildman–Crippen MR) is 105 cm³/mol. The number of carbonyl (C=O) groups excluding carboxylic acids is 1. The average Bonchev–Trinajstić information content (AvgIpc) is 3.42. The second-order valence-electron chi connectivity index (χ2n) is 6.10. The van der Waals surface area contributed by atoms with Gasteiger partial charge in [0.25, 0.3) is 0 Å². The molecule has 1 saturated carbocycles. The fraction of sp³-hybridized carbons (Fsp3) is 0.556. The minimum atomic E-state index is -0.0289. The summed E-state index contributed by atoms with van der Waals surface area (Å²) in [5.74, 6) is 1.49. The Morgan fingerprint density at radius 2 is 1.96 bits per heavy atom. The van der Waals surface area contributed by atoms with E-state index in [0.717, 1.165) is 42.3 Å². The van der Waals surface area contributed by atoms with Crippen molar-refractivity contribution in [3.8, 4) is 0 Å². The molecule has 25 heavy (non-hydrogen) atoms. The summed E-state index contributed by atoms with van der Waals surface area (Å²) in [6.07, 6.45) is 3.97. The zero-order chi connectivity index (χ0) is 17.9. The Labute approximate surface area is 157 Å². The summed E-state index contributed by atoms with van der Waals surface area (Å²) in [6.45, 7) is 3.01. The number of anilines is 1. The summed E-state index contributed by atoms with van der Waals surface area (Å²) in [5, 5.41) is 9.23. The van der Waals surface area contributed by atoms with Crippen LogP contribution in [0.4, 0.5) is 5.69 Å². The molecule has 3 N–H and O–H groups in total. The first-order valence-electron chi connectivity index (χ1n) is 8.75. The van der Waals surface area contributed by atoms with E-state index in [0.29, 0.717) is 18.9 Å². The van der Waals surface area contributed by atoms with Crippen LogP contribution in [0.1, 0.15) is 25.7 Å². The van der Waals surface area contributed by atoms with Crippen LogP contribution in [-0.2, 0) is 9.53 Å². The third-order valence-corrected chi connectivity index (χ3v) is 4.33. The molecule has 7 heteroatoms. The first-order valence-corrected chi connectivity index (χ1v) is 9.54. The smallest absolute Gasteiger partial charge is 0.226 e.